The van der Waals surface area contributed by atoms with E-state index in [4.69, 9.17) is 5.90 Å². The molecule has 1 aromatic carbocycles. The zero-order valence-electron chi connectivity index (χ0n) is 9.17. The molecule has 1 rings (SSSR count). The second kappa shape index (κ2) is 4.96. The van der Waals surface area contributed by atoms with Crippen molar-refractivity contribution in [2.24, 2.45) is 5.90 Å². The molecule has 0 unspecified atom stereocenters. The quantitative estimate of drug-likeness (QED) is 0.833. The molecule has 0 saturated heterocycles. The lowest BCUT2D eigenvalue weighted by Crippen LogP contribution is -2.04. The predicted molar refractivity (Wildman–Crippen MR) is 63.6 cm³/mol. The molecule has 0 aliphatic carbocycles. The number of phenols is 1. The lowest BCUT2D eigenvalue weighted by Gasteiger charge is -2.16. The van der Waals surface area contributed by atoms with Gasteiger partial charge in [-0.3, -0.25) is 4.84 Å². The Morgan fingerprint density at radius 2 is 2.13 bits per heavy atom. The average molecular weight is 274 g/mol. The van der Waals surface area contributed by atoms with Crippen LogP contribution in [0.25, 0.3) is 0 Å². The predicted octanol–water partition coefficient (Wildman–Crippen LogP) is 2.98. The Balaban J connectivity index is 3.35. The zero-order chi connectivity index (χ0) is 11.6. The molecule has 0 aromatic heterocycles. The molecular formula is C11H16BrNO2. The van der Waals surface area contributed by atoms with Gasteiger partial charge in [-0.1, -0.05) is 29.8 Å². The molecule has 0 radical (unpaired) electrons. The number of phenolic OH excluding ortho intramolecular Hbond substituents is 1. The van der Waals surface area contributed by atoms with E-state index in [-0.39, 0.29) is 18.3 Å². The van der Waals surface area contributed by atoms with Crippen molar-refractivity contribution in [2.45, 2.75) is 33.3 Å². The topological polar surface area (TPSA) is 55.5 Å². The first-order valence-electron chi connectivity index (χ1n) is 4.81. The highest BCUT2D eigenvalue weighted by atomic mass is 79.9. The molecule has 0 aliphatic heterocycles. The van der Waals surface area contributed by atoms with Crippen LogP contribution in [0.4, 0.5) is 0 Å². The maximum atomic E-state index is 10.0. The lowest BCUT2D eigenvalue weighted by molar-refractivity contribution is 0.121. The molecule has 3 N–H and O–H groups in total. The Kier molecular flexibility index (Phi) is 4.13. The fourth-order valence-electron chi connectivity index (χ4n) is 1.51. The van der Waals surface area contributed by atoms with Gasteiger partial charge in [0.15, 0.2) is 0 Å². The first kappa shape index (κ1) is 12.5. The molecule has 4 heteroatoms. The molecule has 3 nitrogen and oxygen atoms in total. The minimum Gasteiger partial charge on any atom is -0.507 e. The van der Waals surface area contributed by atoms with E-state index < -0.39 is 0 Å². The van der Waals surface area contributed by atoms with Crippen molar-refractivity contribution in [3.8, 4) is 5.75 Å². The summed E-state index contributed by atoms with van der Waals surface area (Å²) in [5.74, 6) is 5.60. The summed E-state index contributed by atoms with van der Waals surface area (Å²) in [7, 11) is 0. The van der Waals surface area contributed by atoms with Gasteiger partial charge in [-0.2, -0.15) is 0 Å². The normalized spacial score (nSPS) is 11.1. The Hall–Kier alpha value is -0.580. The molecule has 0 aliphatic rings. The highest BCUT2D eigenvalue weighted by Crippen LogP contribution is 2.35. The van der Waals surface area contributed by atoms with E-state index in [1.807, 2.05) is 26.8 Å². The molecule has 84 valence electrons. The summed E-state index contributed by atoms with van der Waals surface area (Å²) in [6.45, 7) is 6.20. The van der Waals surface area contributed by atoms with Gasteiger partial charge in [0.25, 0.3) is 0 Å². The van der Waals surface area contributed by atoms with Gasteiger partial charge in [0.05, 0.1) is 6.61 Å². The number of aromatic hydroxyl groups is 1. The summed E-state index contributed by atoms with van der Waals surface area (Å²) in [6.07, 6.45) is 0. The van der Waals surface area contributed by atoms with Gasteiger partial charge in [0.2, 0.25) is 0 Å². The summed E-state index contributed by atoms with van der Waals surface area (Å²) in [5.41, 5.74) is 2.61. The molecule has 15 heavy (non-hydrogen) atoms. The number of halogens is 1. The first-order valence-corrected chi connectivity index (χ1v) is 5.60. The van der Waals surface area contributed by atoms with Crippen LogP contribution < -0.4 is 5.90 Å². The molecule has 0 bridgehead atoms. The van der Waals surface area contributed by atoms with Crippen molar-refractivity contribution in [1.82, 2.24) is 0 Å². The number of hydrogen-bond donors (Lipinski definition) is 2. The summed E-state index contributed by atoms with van der Waals surface area (Å²) >= 11 is 3.46. The molecule has 0 spiro atoms. The minimum absolute atomic E-state index is 0.219. The van der Waals surface area contributed by atoms with Crippen molar-refractivity contribution in [2.75, 3.05) is 0 Å². The smallest absolute Gasteiger partial charge is 0.124 e. The summed E-state index contributed by atoms with van der Waals surface area (Å²) in [6, 6.07) is 1.94. The second-order valence-electron chi connectivity index (χ2n) is 3.87. The Bertz CT molecular complexity index is 364. The van der Waals surface area contributed by atoms with Crippen LogP contribution in [-0.2, 0) is 11.4 Å². The van der Waals surface area contributed by atoms with E-state index in [1.165, 1.54) is 0 Å². The Morgan fingerprint density at radius 1 is 1.53 bits per heavy atom. The van der Waals surface area contributed by atoms with Crippen molar-refractivity contribution in [1.29, 1.82) is 0 Å². The number of nitrogens with two attached hydrogens (primary N) is 1. The number of rotatable bonds is 3. The third kappa shape index (κ3) is 2.51. The molecule has 0 heterocycles. The van der Waals surface area contributed by atoms with Gasteiger partial charge >= 0.3 is 0 Å². The molecule has 0 amide bonds. The van der Waals surface area contributed by atoms with E-state index in [9.17, 15) is 5.11 Å². The molecule has 0 fully saturated rings. The van der Waals surface area contributed by atoms with Crippen LogP contribution in [0, 0.1) is 6.92 Å². The standard InChI is InChI=1S/C11H16BrNO2/c1-6(2)8-4-10(12)7(3)9(5-15-13)11(8)14/h4,6,14H,5,13H2,1-3H3. The number of hydrogen-bond acceptors (Lipinski definition) is 3. The highest BCUT2D eigenvalue weighted by Gasteiger charge is 2.15. The van der Waals surface area contributed by atoms with Crippen LogP contribution in [0.5, 0.6) is 5.75 Å². The average Bonchev–Trinajstić information content (AvgIpc) is 2.18. The summed E-state index contributed by atoms with van der Waals surface area (Å²) in [5, 5.41) is 10.0. The Morgan fingerprint density at radius 3 is 2.60 bits per heavy atom. The maximum absolute atomic E-state index is 10.0. The third-order valence-electron chi connectivity index (χ3n) is 2.50. The van der Waals surface area contributed by atoms with Gasteiger partial charge < -0.3 is 5.11 Å². The molecular weight excluding hydrogens is 258 g/mol. The molecule has 0 atom stereocenters. The summed E-state index contributed by atoms with van der Waals surface area (Å²) < 4.78 is 0.969. The van der Waals surface area contributed by atoms with Crippen LogP contribution in [0.1, 0.15) is 36.5 Å². The van der Waals surface area contributed by atoms with E-state index in [0.29, 0.717) is 0 Å². The second-order valence-corrected chi connectivity index (χ2v) is 4.72. The fraction of sp³-hybridized carbons (Fsp3) is 0.455. The largest absolute Gasteiger partial charge is 0.507 e. The van der Waals surface area contributed by atoms with Crippen LogP contribution in [0.3, 0.4) is 0 Å². The SMILES string of the molecule is Cc1c(Br)cc(C(C)C)c(O)c1CON. The van der Waals surface area contributed by atoms with Crippen LogP contribution in [0.15, 0.2) is 10.5 Å². The van der Waals surface area contributed by atoms with Crippen molar-refractivity contribution in [3.63, 3.8) is 0 Å². The monoisotopic (exact) mass is 273 g/mol. The van der Waals surface area contributed by atoms with E-state index in [1.54, 1.807) is 0 Å². The van der Waals surface area contributed by atoms with Gasteiger partial charge in [0.1, 0.15) is 5.75 Å². The third-order valence-corrected chi connectivity index (χ3v) is 3.33. The zero-order valence-corrected chi connectivity index (χ0v) is 10.8. The van der Waals surface area contributed by atoms with Gasteiger partial charge in [-0.15, -0.1) is 0 Å². The summed E-state index contributed by atoms with van der Waals surface area (Å²) in [4.78, 5) is 4.60. The van der Waals surface area contributed by atoms with Crippen molar-refractivity contribution < 1.29 is 9.94 Å². The highest BCUT2D eigenvalue weighted by molar-refractivity contribution is 9.10. The van der Waals surface area contributed by atoms with Crippen LogP contribution in [-0.4, -0.2) is 5.11 Å². The van der Waals surface area contributed by atoms with Crippen LogP contribution in [0.2, 0.25) is 0 Å². The van der Waals surface area contributed by atoms with Gasteiger partial charge in [0, 0.05) is 10.0 Å². The van der Waals surface area contributed by atoms with Crippen molar-refractivity contribution >= 4 is 15.9 Å². The fourth-order valence-corrected chi connectivity index (χ4v) is 2.00. The van der Waals surface area contributed by atoms with E-state index in [0.717, 1.165) is 21.2 Å². The van der Waals surface area contributed by atoms with Gasteiger partial charge in [-0.05, 0) is 30.0 Å². The van der Waals surface area contributed by atoms with Crippen molar-refractivity contribution in [3.05, 3.63) is 27.2 Å². The maximum Gasteiger partial charge on any atom is 0.124 e. The first-order chi connectivity index (χ1) is 6.99. The minimum atomic E-state index is 0.219. The number of benzene rings is 1. The molecule has 0 saturated carbocycles. The lowest BCUT2D eigenvalue weighted by atomic mass is 9.96. The van der Waals surface area contributed by atoms with E-state index in [2.05, 4.69) is 20.8 Å². The van der Waals surface area contributed by atoms with Crippen LogP contribution >= 0.6 is 15.9 Å². The molecule has 1 aromatic rings. The van der Waals surface area contributed by atoms with Gasteiger partial charge in [-0.25, -0.2) is 5.90 Å². The van der Waals surface area contributed by atoms with E-state index >= 15 is 0 Å². The Labute approximate surface area is 98.3 Å².